The second-order valence-electron chi connectivity index (χ2n) is 4.36. The Morgan fingerprint density at radius 3 is 2.89 bits per heavy atom. The van der Waals surface area contributed by atoms with E-state index in [0.29, 0.717) is 12.1 Å². The predicted molar refractivity (Wildman–Crippen MR) is 76.2 cm³/mol. The minimum atomic E-state index is -0.400. The maximum Gasteiger partial charge on any atom is 0.249 e. The van der Waals surface area contributed by atoms with Gasteiger partial charge in [0.1, 0.15) is 5.75 Å². The van der Waals surface area contributed by atoms with Gasteiger partial charge in [-0.3, -0.25) is 4.79 Å². The number of hydrogen-bond donors (Lipinski definition) is 3. The van der Waals surface area contributed by atoms with Crippen molar-refractivity contribution < 1.29 is 9.90 Å². The standard InChI is InChI=1S/C14H16N2O2S/c1-9(10-3-2-4-12(17)5-10)16-7-13-6-11(8-19-13)14(15)18/h2-6,8-9,16-17H,7H2,1H3,(H2,15,18). The second-order valence-corrected chi connectivity index (χ2v) is 5.36. The SMILES string of the molecule is CC(NCc1cc(C(N)=O)cs1)c1cccc(O)c1. The molecule has 1 amide bonds. The molecule has 100 valence electrons. The van der Waals surface area contributed by atoms with Crippen molar-refractivity contribution in [3.8, 4) is 5.75 Å². The summed E-state index contributed by atoms with van der Waals surface area (Å²) in [7, 11) is 0. The Kier molecular flexibility index (Phi) is 4.19. The molecule has 2 rings (SSSR count). The van der Waals surface area contributed by atoms with Crippen LogP contribution in [0.4, 0.5) is 0 Å². The predicted octanol–water partition coefficient (Wildman–Crippen LogP) is 2.40. The Morgan fingerprint density at radius 2 is 2.26 bits per heavy atom. The molecule has 0 radical (unpaired) electrons. The molecule has 0 saturated carbocycles. The number of nitrogens with two attached hydrogens (primary N) is 1. The van der Waals surface area contributed by atoms with Crippen LogP contribution in [-0.4, -0.2) is 11.0 Å². The average molecular weight is 276 g/mol. The molecule has 19 heavy (non-hydrogen) atoms. The molecule has 0 saturated heterocycles. The van der Waals surface area contributed by atoms with Gasteiger partial charge in [0.25, 0.3) is 0 Å². The molecule has 0 aliphatic carbocycles. The van der Waals surface area contributed by atoms with Crippen LogP contribution in [0.3, 0.4) is 0 Å². The van der Waals surface area contributed by atoms with Crippen molar-refractivity contribution in [2.45, 2.75) is 19.5 Å². The smallest absolute Gasteiger partial charge is 0.249 e. The third-order valence-electron chi connectivity index (χ3n) is 2.89. The van der Waals surface area contributed by atoms with Crippen LogP contribution in [-0.2, 0) is 6.54 Å². The van der Waals surface area contributed by atoms with Crippen molar-refractivity contribution in [2.24, 2.45) is 5.73 Å². The van der Waals surface area contributed by atoms with E-state index in [4.69, 9.17) is 5.73 Å². The summed E-state index contributed by atoms with van der Waals surface area (Å²) in [5.41, 5.74) is 6.78. The summed E-state index contributed by atoms with van der Waals surface area (Å²) in [4.78, 5) is 12.0. The highest BCUT2D eigenvalue weighted by molar-refractivity contribution is 7.10. The molecule has 1 aromatic heterocycles. The van der Waals surface area contributed by atoms with Crippen LogP contribution in [0.25, 0.3) is 0 Å². The summed E-state index contributed by atoms with van der Waals surface area (Å²) in [6, 6.07) is 9.08. The summed E-state index contributed by atoms with van der Waals surface area (Å²) >= 11 is 1.51. The quantitative estimate of drug-likeness (QED) is 0.785. The minimum Gasteiger partial charge on any atom is -0.508 e. The highest BCUT2D eigenvalue weighted by Gasteiger charge is 2.08. The first kappa shape index (κ1) is 13.6. The number of nitrogens with one attached hydrogen (secondary N) is 1. The van der Waals surface area contributed by atoms with E-state index >= 15 is 0 Å². The van der Waals surface area contributed by atoms with E-state index < -0.39 is 5.91 Å². The molecule has 1 heterocycles. The van der Waals surface area contributed by atoms with Crippen LogP contribution in [0, 0.1) is 0 Å². The molecule has 0 aliphatic heterocycles. The summed E-state index contributed by atoms with van der Waals surface area (Å²) < 4.78 is 0. The van der Waals surface area contributed by atoms with E-state index in [1.54, 1.807) is 23.6 Å². The van der Waals surface area contributed by atoms with E-state index in [2.05, 4.69) is 5.32 Å². The van der Waals surface area contributed by atoms with E-state index in [1.807, 2.05) is 19.1 Å². The van der Waals surface area contributed by atoms with Crippen molar-refractivity contribution >= 4 is 17.2 Å². The molecule has 1 unspecified atom stereocenters. The summed E-state index contributed by atoms with van der Waals surface area (Å²) in [6.45, 7) is 2.69. The average Bonchev–Trinajstić information content (AvgIpc) is 2.85. The van der Waals surface area contributed by atoms with Crippen LogP contribution in [0.2, 0.25) is 0 Å². The monoisotopic (exact) mass is 276 g/mol. The molecule has 0 bridgehead atoms. The Morgan fingerprint density at radius 1 is 1.47 bits per heavy atom. The van der Waals surface area contributed by atoms with Crippen LogP contribution >= 0.6 is 11.3 Å². The van der Waals surface area contributed by atoms with Crippen molar-refractivity contribution in [1.82, 2.24) is 5.32 Å². The molecule has 5 heteroatoms. The number of aromatic hydroxyl groups is 1. The first-order valence-electron chi connectivity index (χ1n) is 5.96. The zero-order chi connectivity index (χ0) is 13.8. The van der Waals surface area contributed by atoms with E-state index in [0.717, 1.165) is 10.4 Å². The first-order chi connectivity index (χ1) is 9.06. The van der Waals surface area contributed by atoms with Crippen LogP contribution in [0.15, 0.2) is 35.7 Å². The van der Waals surface area contributed by atoms with Gasteiger partial charge in [0.15, 0.2) is 0 Å². The molecular weight excluding hydrogens is 260 g/mol. The molecule has 0 fully saturated rings. The third-order valence-corrected chi connectivity index (χ3v) is 3.83. The topological polar surface area (TPSA) is 75.3 Å². The Balaban J connectivity index is 1.96. The summed E-state index contributed by atoms with van der Waals surface area (Å²) in [5.74, 6) is -0.137. The van der Waals surface area contributed by atoms with E-state index in [9.17, 15) is 9.90 Å². The number of amides is 1. The molecule has 0 aliphatic rings. The zero-order valence-corrected chi connectivity index (χ0v) is 11.4. The zero-order valence-electron chi connectivity index (χ0n) is 10.6. The van der Waals surface area contributed by atoms with Gasteiger partial charge >= 0.3 is 0 Å². The fraction of sp³-hybridized carbons (Fsp3) is 0.214. The van der Waals surface area contributed by atoms with Gasteiger partial charge in [-0.1, -0.05) is 12.1 Å². The van der Waals surface area contributed by atoms with Gasteiger partial charge in [-0.2, -0.15) is 0 Å². The van der Waals surface area contributed by atoms with Crippen molar-refractivity contribution in [3.63, 3.8) is 0 Å². The number of phenolic OH excluding ortho intramolecular Hbond substituents is 1. The number of thiophene rings is 1. The van der Waals surface area contributed by atoms with Crippen molar-refractivity contribution in [3.05, 3.63) is 51.7 Å². The van der Waals surface area contributed by atoms with Crippen LogP contribution in [0.1, 0.15) is 33.8 Å². The van der Waals surface area contributed by atoms with Gasteiger partial charge in [-0.05, 0) is 30.7 Å². The molecule has 0 spiro atoms. The number of primary amides is 1. The fourth-order valence-corrected chi connectivity index (χ4v) is 2.59. The van der Waals surface area contributed by atoms with E-state index in [1.165, 1.54) is 11.3 Å². The van der Waals surface area contributed by atoms with Gasteiger partial charge in [0, 0.05) is 22.8 Å². The van der Waals surface area contributed by atoms with Crippen molar-refractivity contribution in [2.75, 3.05) is 0 Å². The second kappa shape index (κ2) is 5.86. The third kappa shape index (κ3) is 3.56. The lowest BCUT2D eigenvalue weighted by atomic mass is 10.1. The lowest BCUT2D eigenvalue weighted by molar-refractivity contribution is 0.100. The highest BCUT2D eigenvalue weighted by Crippen LogP contribution is 2.19. The lowest BCUT2D eigenvalue weighted by Gasteiger charge is -2.13. The number of carbonyl (C=O) groups is 1. The van der Waals surface area contributed by atoms with Crippen LogP contribution < -0.4 is 11.1 Å². The summed E-state index contributed by atoms with van der Waals surface area (Å²) in [5, 5.41) is 14.5. The van der Waals surface area contributed by atoms with Gasteiger partial charge < -0.3 is 16.2 Å². The van der Waals surface area contributed by atoms with Crippen molar-refractivity contribution in [1.29, 1.82) is 0 Å². The van der Waals surface area contributed by atoms with Gasteiger partial charge in [0.2, 0.25) is 5.91 Å². The van der Waals surface area contributed by atoms with Gasteiger partial charge in [-0.15, -0.1) is 11.3 Å². The number of hydrogen-bond acceptors (Lipinski definition) is 4. The molecular formula is C14H16N2O2S. The Labute approximate surface area is 115 Å². The minimum absolute atomic E-state index is 0.117. The number of phenols is 1. The van der Waals surface area contributed by atoms with Gasteiger partial charge in [-0.25, -0.2) is 0 Å². The van der Waals surface area contributed by atoms with Gasteiger partial charge in [0.05, 0.1) is 5.56 Å². The van der Waals surface area contributed by atoms with Crippen LogP contribution in [0.5, 0.6) is 5.75 Å². The molecule has 2 aromatic rings. The largest absolute Gasteiger partial charge is 0.508 e. The number of rotatable bonds is 5. The number of carbonyl (C=O) groups excluding carboxylic acids is 1. The molecule has 4 nitrogen and oxygen atoms in total. The fourth-order valence-electron chi connectivity index (χ4n) is 1.77. The molecule has 1 atom stereocenters. The lowest BCUT2D eigenvalue weighted by Crippen LogP contribution is -2.17. The number of benzene rings is 1. The van der Waals surface area contributed by atoms with E-state index in [-0.39, 0.29) is 11.8 Å². The Bertz CT molecular complexity index is 580. The highest BCUT2D eigenvalue weighted by atomic mass is 32.1. The molecule has 4 N–H and O–H groups in total. The summed E-state index contributed by atoms with van der Waals surface area (Å²) in [6.07, 6.45) is 0. The first-order valence-corrected chi connectivity index (χ1v) is 6.84. The normalized spacial score (nSPS) is 12.3. The Hall–Kier alpha value is -1.85. The maximum absolute atomic E-state index is 11.0. The molecule has 1 aromatic carbocycles. The maximum atomic E-state index is 11.0.